The molecule has 6 heteroatoms. The molecule has 0 amide bonds. The molecule has 0 aliphatic heterocycles. The lowest BCUT2D eigenvalue weighted by molar-refractivity contribution is -0.136. The zero-order valence-electron chi connectivity index (χ0n) is 15.5. The Morgan fingerprint density at radius 1 is 0.793 bits per heavy atom. The second kappa shape index (κ2) is 10.3. The second-order valence-electron chi connectivity index (χ2n) is 6.11. The first kappa shape index (κ1) is 20.4. The summed E-state index contributed by atoms with van der Waals surface area (Å²) in [6, 6.07) is 22.6. The summed E-state index contributed by atoms with van der Waals surface area (Å²) in [6.45, 7) is 0.0481. The Bertz CT molecular complexity index is 937. The minimum Gasteiger partial charge on any atom is -0.482 e. The number of carbonyl (C=O) groups excluding carboxylic acids is 2. The summed E-state index contributed by atoms with van der Waals surface area (Å²) in [5.74, 6) is -0.154. The van der Waals surface area contributed by atoms with Gasteiger partial charge in [-0.25, -0.2) is 9.59 Å². The SMILES string of the molecule is O=C(COc1ccc(Cl)cc1)Oc1ccc(C(=O)OCCc2ccccc2)cc1. The third kappa shape index (κ3) is 6.66. The van der Waals surface area contributed by atoms with Crippen molar-refractivity contribution < 1.29 is 23.8 Å². The van der Waals surface area contributed by atoms with Gasteiger partial charge in [-0.3, -0.25) is 0 Å². The molecule has 0 radical (unpaired) electrons. The van der Waals surface area contributed by atoms with Crippen LogP contribution in [0, 0.1) is 0 Å². The molecule has 0 aliphatic carbocycles. The van der Waals surface area contributed by atoms with Crippen molar-refractivity contribution in [2.24, 2.45) is 0 Å². The van der Waals surface area contributed by atoms with E-state index in [0.717, 1.165) is 5.56 Å². The van der Waals surface area contributed by atoms with Crippen LogP contribution in [0.3, 0.4) is 0 Å². The molecule has 0 N–H and O–H groups in total. The fourth-order valence-electron chi connectivity index (χ4n) is 2.48. The van der Waals surface area contributed by atoms with E-state index in [1.807, 2.05) is 30.3 Å². The van der Waals surface area contributed by atoms with Gasteiger partial charge in [0.05, 0.1) is 12.2 Å². The van der Waals surface area contributed by atoms with E-state index >= 15 is 0 Å². The highest BCUT2D eigenvalue weighted by Gasteiger charge is 2.10. The lowest BCUT2D eigenvalue weighted by Crippen LogP contribution is -2.17. The number of benzene rings is 3. The summed E-state index contributed by atoms with van der Waals surface area (Å²) in [6.07, 6.45) is 0.649. The highest BCUT2D eigenvalue weighted by Crippen LogP contribution is 2.16. The molecule has 0 spiro atoms. The van der Waals surface area contributed by atoms with Crippen molar-refractivity contribution in [2.75, 3.05) is 13.2 Å². The molecule has 3 rings (SSSR count). The third-order valence-corrected chi connectivity index (χ3v) is 4.21. The topological polar surface area (TPSA) is 61.8 Å². The van der Waals surface area contributed by atoms with Crippen LogP contribution in [0.5, 0.6) is 11.5 Å². The highest BCUT2D eigenvalue weighted by atomic mass is 35.5. The molecule has 0 atom stereocenters. The van der Waals surface area contributed by atoms with Crippen molar-refractivity contribution in [2.45, 2.75) is 6.42 Å². The molecule has 29 heavy (non-hydrogen) atoms. The van der Waals surface area contributed by atoms with Gasteiger partial charge in [0.1, 0.15) is 11.5 Å². The number of esters is 2. The Hall–Kier alpha value is -3.31. The van der Waals surface area contributed by atoms with E-state index in [9.17, 15) is 9.59 Å². The molecular weight excluding hydrogens is 392 g/mol. The van der Waals surface area contributed by atoms with Crippen LogP contribution < -0.4 is 9.47 Å². The molecule has 3 aromatic carbocycles. The molecule has 0 aromatic heterocycles. The quantitative estimate of drug-likeness (QED) is 0.397. The van der Waals surface area contributed by atoms with Crippen LogP contribution in [-0.2, 0) is 16.0 Å². The number of hydrogen-bond donors (Lipinski definition) is 0. The Labute approximate surface area is 173 Å². The number of carbonyl (C=O) groups is 2. The molecule has 5 nitrogen and oxygen atoms in total. The predicted octanol–water partition coefficient (Wildman–Crippen LogP) is 4.72. The largest absolute Gasteiger partial charge is 0.482 e. The van der Waals surface area contributed by atoms with E-state index in [1.54, 1.807) is 36.4 Å². The number of ether oxygens (including phenoxy) is 3. The first-order valence-corrected chi connectivity index (χ1v) is 9.38. The van der Waals surface area contributed by atoms with Gasteiger partial charge in [-0.05, 0) is 54.1 Å². The average molecular weight is 411 g/mol. The van der Waals surface area contributed by atoms with Crippen molar-refractivity contribution in [1.82, 2.24) is 0 Å². The summed E-state index contributed by atoms with van der Waals surface area (Å²) in [4.78, 5) is 24.0. The molecule has 3 aromatic rings. The molecular formula is C23H19ClO5. The van der Waals surface area contributed by atoms with E-state index < -0.39 is 11.9 Å². The Balaban J connectivity index is 1.43. The van der Waals surface area contributed by atoms with Crippen molar-refractivity contribution in [3.63, 3.8) is 0 Å². The van der Waals surface area contributed by atoms with Gasteiger partial charge in [-0.15, -0.1) is 0 Å². The maximum atomic E-state index is 12.1. The minimum atomic E-state index is -0.557. The van der Waals surface area contributed by atoms with E-state index in [2.05, 4.69) is 0 Å². The Kier molecular flexibility index (Phi) is 7.25. The van der Waals surface area contributed by atoms with Gasteiger partial charge in [-0.1, -0.05) is 41.9 Å². The third-order valence-electron chi connectivity index (χ3n) is 3.96. The summed E-state index contributed by atoms with van der Waals surface area (Å²) < 4.78 is 15.8. The standard InChI is InChI=1S/C23H19ClO5/c24-19-8-12-20(13-9-19)28-16-22(25)29-21-10-6-18(7-11-21)23(26)27-15-14-17-4-2-1-3-5-17/h1-13H,14-16H2. The van der Waals surface area contributed by atoms with Crippen LogP contribution >= 0.6 is 11.6 Å². The molecule has 0 saturated carbocycles. The fourth-order valence-corrected chi connectivity index (χ4v) is 2.61. The molecule has 0 aliphatic rings. The first-order valence-electron chi connectivity index (χ1n) is 9.00. The smallest absolute Gasteiger partial charge is 0.349 e. The van der Waals surface area contributed by atoms with Crippen LogP contribution in [0.25, 0.3) is 0 Å². The van der Waals surface area contributed by atoms with Gasteiger partial charge >= 0.3 is 11.9 Å². The van der Waals surface area contributed by atoms with Crippen LogP contribution in [0.4, 0.5) is 0 Å². The highest BCUT2D eigenvalue weighted by molar-refractivity contribution is 6.30. The average Bonchev–Trinajstić information content (AvgIpc) is 2.74. The van der Waals surface area contributed by atoms with Crippen molar-refractivity contribution >= 4 is 23.5 Å². The van der Waals surface area contributed by atoms with Crippen molar-refractivity contribution in [1.29, 1.82) is 0 Å². The monoisotopic (exact) mass is 410 g/mol. The number of hydrogen-bond acceptors (Lipinski definition) is 5. The van der Waals surface area contributed by atoms with Gasteiger partial charge in [-0.2, -0.15) is 0 Å². The maximum absolute atomic E-state index is 12.1. The van der Waals surface area contributed by atoms with Crippen LogP contribution in [0.1, 0.15) is 15.9 Å². The fraction of sp³-hybridized carbons (Fsp3) is 0.130. The zero-order valence-corrected chi connectivity index (χ0v) is 16.3. The van der Waals surface area contributed by atoms with Gasteiger partial charge in [0.25, 0.3) is 0 Å². The second-order valence-corrected chi connectivity index (χ2v) is 6.55. The number of rotatable bonds is 8. The molecule has 0 heterocycles. The van der Waals surface area contributed by atoms with Crippen LogP contribution in [0.15, 0.2) is 78.9 Å². The first-order chi connectivity index (χ1) is 14.1. The van der Waals surface area contributed by atoms with Gasteiger partial charge < -0.3 is 14.2 Å². The molecule has 0 bridgehead atoms. The summed E-state index contributed by atoms with van der Waals surface area (Å²) in [7, 11) is 0. The van der Waals surface area contributed by atoms with Crippen molar-refractivity contribution in [3.8, 4) is 11.5 Å². The normalized spacial score (nSPS) is 10.2. The van der Waals surface area contributed by atoms with E-state index in [4.69, 9.17) is 25.8 Å². The van der Waals surface area contributed by atoms with Gasteiger partial charge in [0.2, 0.25) is 0 Å². The van der Waals surface area contributed by atoms with Gasteiger partial charge in [0.15, 0.2) is 6.61 Å². The van der Waals surface area contributed by atoms with E-state index in [1.165, 1.54) is 12.1 Å². The number of halogens is 1. The van der Waals surface area contributed by atoms with Crippen LogP contribution in [-0.4, -0.2) is 25.2 Å². The lowest BCUT2D eigenvalue weighted by atomic mass is 10.2. The lowest BCUT2D eigenvalue weighted by Gasteiger charge is -2.08. The van der Waals surface area contributed by atoms with Gasteiger partial charge in [0, 0.05) is 11.4 Å². The minimum absolute atomic E-state index is 0.245. The maximum Gasteiger partial charge on any atom is 0.349 e. The van der Waals surface area contributed by atoms with Crippen molar-refractivity contribution in [3.05, 3.63) is 95.0 Å². The predicted molar refractivity (Wildman–Crippen MR) is 109 cm³/mol. The molecule has 0 saturated heterocycles. The zero-order chi connectivity index (χ0) is 20.5. The summed E-state index contributed by atoms with van der Waals surface area (Å²) in [5.41, 5.74) is 1.48. The van der Waals surface area contributed by atoms with Crippen LogP contribution in [0.2, 0.25) is 5.02 Å². The Morgan fingerprint density at radius 3 is 2.14 bits per heavy atom. The summed E-state index contributed by atoms with van der Waals surface area (Å²) in [5, 5.41) is 0.582. The molecule has 148 valence electrons. The van der Waals surface area contributed by atoms with E-state index in [0.29, 0.717) is 35.1 Å². The molecule has 0 unspecified atom stereocenters. The summed E-state index contributed by atoms with van der Waals surface area (Å²) >= 11 is 5.79. The Morgan fingerprint density at radius 2 is 1.45 bits per heavy atom. The van der Waals surface area contributed by atoms with E-state index in [-0.39, 0.29) is 6.61 Å². The molecule has 0 fully saturated rings.